The second kappa shape index (κ2) is 9.73. The molecular formula is C17H23NO4. The lowest BCUT2D eigenvalue weighted by Gasteiger charge is -2.28. The average molecular weight is 305 g/mol. The van der Waals surface area contributed by atoms with Crippen LogP contribution >= 0.6 is 0 Å². The summed E-state index contributed by atoms with van der Waals surface area (Å²) in [5, 5.41) is 0. The largest absolute Gasteiger partial charge is 0.469 e. The third kappa shape index (κ3) is 5.69. The maximum atomic E-state index is 12.1. The van der Waals surface area contributed by atoms with E-state index in [9.17, 15) is 9.59 Å². The van der Waals surface area contributed by atoms with E-state index in [0.717, 1.165) is 5.56 Å². The summed E-state index contributed by atoms with van der Waals surface area (Å²) in [7, 11) is 2.68. The fourth-order valence-corrected chi connectivity index (χ4v) is 2.23. The van der Waals surface area contributed by atoms with Gasteiger partial charge in [-0.05, 0) is 12.0 Å². The highest BCUT2D eigenvalue weighted by Gasteiger charge is 2.27. The Morgan fingerprint density at radius 2 is 1.91 bits per heavy atom. The number of nitrogens with zero attached hydrogens (tertiary/aromatic N) is 1. The fraction of sp³-hybridized carbons (Fsp3) is 0.412. The van der Waals surface area contributed by atoms with Gasteiger partial charge in [-0.1, -0.05) is 36.4 Å². The van der Waals surface area contributed by atoms with Crippen LogP contribution in [0.25, 0.3) is 0 Å². The minimum atomic E-state index is -0.512. The second-order valence-electron chi connectivity index (χ2n) is 4.86. The number of hydrogen-bond acceptors (Lipinski definition) is 5. The van der Waals surface area contributed by atoms with Crippen molar-refractivity contribution in [1.29, 1.82) is 0 Å². The summed E-state index contributed by atoms with van der Waals surface area (Å²) in [5.74, 6) is -0.700. The van der Waals surface area contributed by atoms with Crippen molar-refractivity contribution in [2.24, 2.45) is 0 Å². The topological polar surface area (TPSA) is 55.8 Å². The van der Waals surface area contributed by atoms with Crippen LogP contribution in [0.3, 0.4) is 0 Å². The molecule has 0 saturated carbocycles. The van der Waals surface area contributed by atoms with E-state index in [2.05, 4.69) is 11.3 Å². The Morgan fingerprint density at radius 1 is 1.23 bits per heavy atom. The van der Waals surface area contributed by atoms with Crippen molar-refractivity contribution in [3.8, 4) is 0 Å². The Kier molecular flexibility index (Phi) is 7.92. The van der Waals surface area contributed by atoms with Crippen LogP contribution in [0.15, 0.2) is 43.0 Å². The van der Waals surface area contributed by atoms with Gasteiger partial charge in [0, 0.05) is 19.5 Å². The van der Waals surface area contributed by atoms with Crippen molar-refractivity contribution in [2.75, 3.05) is 20.8 Å². The van der Waals surface area contributed by atoms with Crippen LogP contribution in [0, 0.1) is 0 Å². The van der Waals surface area contributed by atoms with Crippen molar-refractivity contribution in [1.82, 2.24) is 4.90 Å². The summed E-state index contributed by atoms with van der Waals surface area (Å²) in [6.07, 6.45) is 2.25. The molecule has 1 aromatic rings. The first kappa shape index (κ1) is 17.9. The Hall–Kier alpha value is -2.14. The zero-order valence-electron chi connectivity index (χ0n) is 13.2. The SMILES string of the molecule is C=CCN(Cc1ccccc1)[C@@H](CCC(=O)OC)C(=O)OC. The molecule has 0 radical (unpaired) electrons. The molecule has 0 aliphatic carbocycles. The molecule has 1 atom stereocenters. The molecule has 0 bridgehead atoms. The second-order valence-corrected chi connectivity index (χ2v) is 4.86. The maximum absolute atomic E-state index is 12.1. The minimum Gasteiger partial charge on any atom is -0.469 e. The monoisotopic (exact) mass is 305 g/mol. The number of hydrogen-bond donors (Lipinski definition) is 0. The molecular weight excluding hydrogens is 282 g/mol. The zero-order chi connectivity index (χ0) is 16.4. The van der Waals surface area contributed by atoms with Gasteiger partial charge in [0.1, 0.15) is 6.04 Å². The van der Waals surface area contributed by atoms with Gasteiger partial charge in [-0.15, -0.1) is 6.58 Å². The molecule has 0 spiro atoms. The summed E-state index contributed by atoms with van der Waals surface area (Å²) >= 11 is 0. The summed E-state index contributed by atoms with van der Waals surface area (Å²) < 4.78 is 9.52. The zero-order valence-corrected chi connectivity index (χ0v) is 13.2. The summed E-state index contributed by atoms with van der Waals surface area (Å²) in [5.41, 5.74) is 1.08. The van der Waals surface area contributed by atoms with Gasteiger partial charge in [0.2, 0.25) is 0 Å². The quantitative estimate of drug-likeness (QED) is 0.517. The molecule has 0 aliphatic rings. The van der Waals surface area contributed by atoms with Crippen LogP contribution in [-0.4, -0.2) is 43.6 Å². The first-order valence-corrected chi connectivity index (χ1v) is 7.15. The average Bonchev–Trinajstić information content (AvgIpc) is 2.55. The predicted octanol–water partition coefficient (Wildman–Crippen LogP) is 2.17. The van der Waals surface area contributed by atoms with Gasteiger partial charge in [-0.2, -0.15) is 0 Å². The van der Waals surface area contributed by atoms with Crippen molar-refractivity contribution < 1.29 is 19.1 Å². The molecule has 0 aliphatic heterocycles. The van der Waals surface area contributed by atoms with E-state index in [1.165, 1.54) is 14.2 Å². The van der Waals surface area contributed by atoms with Gasteiger partial charge in [-0.3, -0.25) is 14.5 Å². The molecule has 0 aromatic heterocycles. The van der Waals surface area contributed by atoms with E-state index in [4.69, 9.17) is 4.74 Å². The normalized spacial score (nSPS) is 11.8. The van der Waals surface area contributed by atoms with Crippen LogP contribution in [0.5, 0.6) is 0 Å². The molecule has 5 nitrogen and oxygen atoms in total. The van der Waals surface area contributed by atoms with E-state index >= 15 is 0 Å². The van der Waals surface area contributed by atoms with Gasteiger partial charge in [0.25, 0.3) is 0 Å². The van der Waals surface area contributed by atoms with E-state index < -0.39 is 6.04 Å². The maximum Gasteiger partial charge on any atom is 0.323 e. The lowest BCUT2D eigenvalue weighted by molar-refractivity contribution is -0.148. The first-order valence-electron chi connectivity index (χ1n) is 7.15. The van der Waals surface area contributed by atoms with Crippen LogP contribution < -0.4 is 0 Å². The van der Waals surface area contributed by atoms with Crippen molar-refractivity contribution in [2.45, 2.75) is 25.4 Å². The summed E-state index contributed by atoms with van der Waals surface area (Å²) in [4.78, 5) is 25.4. The van der Waals surface area contributed by atoms with Gasteiger partial charge < -0.3 is 9.47 Å². The molecule has 0 saturated heterocycles. The molecule has 0 fully saturated rings. The number of rotatable bonds is 9. The Bertz CT molecular complexity index is 487. The Balaban J connectivity index is 2.86. The molecule has 0 heterocycles. The first-order chi connectivity index (χ1) is 10.6. The fourth-order valence-electron chi connectivity index (χ4n) is 2.23. The summed E-state index contributed by atoms with van der Waals surface area (Å²) in [6, 6.07) is 9.31. The number of methoxy groups -OCH3 is 2. The molecule has 1 rings (SSSR count). The Morgan fingerprint density at radius 3 is 2.45 bits per heavy atom. The summed E-state index contributed by atoms with van der Waals surface area (Å²) in [6.45, 7) is 4.84. The number of benzene rings is 1. The van der Waals surface area contributed by atoms with Crippen molar-refractivity contribution >= 4 is 11.9 Å². The standard InChI is InChI=1S/C17H23NO4/c1-4-12-18(13-14-8-6-5-7-9-14)15(17(20)22-3)10-11-16(19)21-2/h4-9,15H,1,10-13H2,2-3H3/t15-/m0/s1. The predicted molar refractivity (Wildman–Crippen MR) is 84.1 cm³/mol. The molecule has 120 valence electrons. The molecule has 0 unspecified atom stereocenters. The van der Waals surface area contributed by atoms with Crippen molar-refractivity contribution in [3.63, 3.8) is 0 Å². The molecule has 1 aromatic carbocycles. The molecule has 22 heavy (non-hydrogen) atoms. The molecule has 0 amide bonds. The molecule has 0 N–H and O–H groups in total. The number of ether oxygens (including phenoxy) is 2. The minimum absolute atomic E-state index is 0.165. The van der Waals surface area contributed by atoms with Crippen LogP contribution in [0.4, 0.5) is 0 Å². The lowest BCUT2D eigenvalue weighted by atomic mass is 10.1. The van der Waals surface area contributed by atoms with Gasteiger partial charge in [0.15, 0.2) is 0 Å². The highest BCUT2D eigenvalue weighted by Crippen LogP contribution is 2.14. The third-order valence-corrected chi connectivity index (χ3v) is 3.36. The van der Waals surface area contributed by atoms with Crippen LogP contribution in [-0.2, 0) is 25.6 Å². The van der Waals surface area contributed by atoms with Gasteiger partial charge >= 0.3 is 11.9 Å². The smallest absolute Gasteiger partial charge is 0.323 e. The number of carbonyl (C=O) groups excluding carboxylic acids is 2. The van der Waals surface area contributed by atoms with Crippen LogP contribution in [0.2, 0.25) is 0 Å². The highest BCUT2D eigenvalue weighted by atomic mass is 16.5. The van der Waals surface area contributed by atoms with Crippen LogP contribution in [0.1, 0.15) is 18.4 Å². The number of carbonyl (C=O) groups is 2. The third-order valence-electron chi connectivity index (χ3n) is 3.36. The van der Waals surface area contributed by atoms with Gasteiger partial charge in [-0.25, -0.2) is 0 Å². The Labute approximate surface area is 131 Å². The van der Waals surface area contributed by atoms with Gasteiger partial charge in [0.05, 0.1) is 14.2 Å². The van der Waals surface area contributed by atoms with E-state index in [0.29, 0.717) is 19.5 Å². The number of esters is 2. The molecule has 5 heteroatoms. The highest BCUT2D eigenvalue weighted by molar-refractivity contribution is 5.77. The van der Waals surface area contributed by atoms with E-state index in [-0.39, 0.29) is 18.4 Å². The van der Waals surface area contributed by atoms with E-state index in [1.54, 1.807) is 6.08 Å². The van der Waals surface area contributed by atoms with Crippen molar-refractivity contribution in [3.05, 3.63) is 48.6 Å². The lowest BCUT2D eigenvalue weighted by Crippen LogP contribution is -2.42. The van der Waals surface area contributed by atoms with E-state index in [1.807, 2.05) is 35.2 Å².